The Balaban J connectivity index is 1.32. The molecule has 2 N–H and O–H groups in total. The van der Waals surface area contributed by atoms with Crippen LogP contribution in [0.15, 0.2) is 48.8 Å². The molecule has 1 aliphatic rings. The molecule has 1 fully saturated rings. The van der Waals surface area contributed by atoms with Crippen LogP contribution in [0.1, 0.15) is 34.5 Å². The first-order valence-electron chi connectivity index (χ1n) is 9.71. The molecule has 28 heavy (non-hydrogen) atoms. The number of carbonyl (C=O) groups is 1. The Morgan fingerprint density at radius 2 is 2.04 bits per heavy atom. The van der Waals surface area contributed by atoms with Crippen molar-refractivity contribution in [2.45, 2.75) is 32.0 Å². The topological polar surface area (TPSA) is 61.0 Å². The maximum Gasteiger partial charge on any atom is 0.256 e. The minimum Gasteiger partial charge on any atom is -0.360 e. The van der Waals surface area contributed by atoms with Gasteiger partial charge in [-0.1, -0.05) is 24.3 Å². The van der Waals surface area contributed by atoms with Crippen molar-refractivity contribution in [2.24, 2.45) is 0 Å². The van der Waals surface area contributed by atoms with Crippen molar-refractivity contribution < 1.29 is 9.18 Å². The van der Waals surface area contributed by atoms with Crippen molar-refractivity contribution in [1.29, 1.82) is 0 Å². The number of amides is 1. The van der Waals surface area contributed by atoms with E-state index in [4.69, 9.17) is 0 Å². The predicted octanol–water partition coefficient (Wildman–Crippen LogP) is 3.61. The predicted molar refractivity (Wildman–Crippen MR) is 108 cm³/mol. The average molecular weight is 380 g/mol. The van der Waals surface area contributed by atoms with Gasteiger partial charge < -0.3 is 15.2 Å². The number of pyridine rings is 1. The van der Waals surface area contributed by atoms with Gasteiger partial charge in [0.2, 0.25) is 0 Å². The second-order valence-electron chi connectivity index (χ2n) is 7.62. The van der Waals surface area contributed by atoms with E-state index in [1.165, 1.54) is 0 Å². The fourth-order valence-electron chi connectivity index (χ4n) is 3.72. The summed E-state index contributed by atoms with van der Waals surface area (Å²) in [4.78, 5) is 22.1. The molecule has 5 nitrogen and oxygen atoms in total. The Hall–Kier alpha value is -2.73. The molecule has 0 unspecified atom stereocenters. The average Bonchev–Trinajstić information content (AvgIpc) is 3.14. The number of likely N-dealkylation sites (tertiary alicyclic amines) is 1. The van der Waals surface area contributed by atoms with Crippen LogP contribution in [0.4, 0.5) is 4.39 Å². The van der Waals surface area contributed by atoms with Gasteiger partial charge in [0.1, 0.15) is 5.67 Å². The van der Waals surface area contributed by atoms with E-state index in [2.05, 4.69) is 15.3 Å². The van der Waals surface area contributed by atoms with Crippen LogP contribution in [0.3, 0.4) is 0 Å². The number of hydrogen-bond donors (Lipinski definition) is 2. The van der Waals surface area contributed by atoms with Crippen LogP contribution < -0.4 is 5.32 Å². The molecule has 0 atom stereocenters. The van der Waals surface area contributed by atoms with E-state index in [1.54, 1.807) is 11.1 Å². The Morgan fingerprint density at radius 3 is 2.79 bits per heavy atom. The number of aromatic nitrogens is 2. The minimum absolute atomic E-state index is 0.0312. The van der Waals surface area contributed by atoms with Gasteiger partial charge in [0.15, 0.2) is 0 Å². The summed E-state index contributed by atoms with van der Waals surface area (Å²) < 4.78 is 15.1. The van der Waals surface area contributed by atoms with Gasteiger partial charge in [0.05, 0.1) is 11.3 Å². The van der Waals surface area contributed by atoms with Crippen molar-refractivity contribution in [3.05, 3.63) is 65.6 Å². The Kier molecular flexibility index (Phi) is 5.13. The fraction of sp³-hybridized carbons (Fsp3) is 0.364. The van der Waals surface area contributed by atoms with Gasteiger partial charge >= 0.3 is 0 Å². The van der Waals surface area contributed by atoms with E-state index in [0.717, 1.165) is 22.2 Å². The number of nitrogens with one attached hydrogen (secondary N) is 2. The van der Waals surface area contributed by atoms with E-state index >= 15 is 4.39 Å². The minimum atomic E-state index is -1.29. The summed E-state index contributed by atoms with van der Waals surface area (Å²) in [7, 11) is 0. The highest BCUT2D eigenvalue weighted by Crippen LogP contribution is 2.28. The third-order valence-corrected chi connectivity index (χ3v) is 5.49. The summed E-state index contributed by atoms with van der Waals surface area (Å²) in [6.07, 6.45) is 4.25. The summed E-state index contributed by atoms with van der Waals surface area (Å²) in [5.74, 6) is -0.0312. The third kappa shape index (κ3) is 3.92. The molecule has 0 bridgehead atoms. The van der Waals surface area contributed by atoms with Crippen LogP contribution in [0.5, 0.6) is 0 Å². The molecule has 3 aromatic rings. The normalized spacial score (nSPS) is 16.4. The van der Waals surface area contributed by atoms with Crippen LogP contribution in [0.2, 0.25) is 0 Å². The van der Waals surface area contributed by atoms with Gasteiger partial charge in [-0.05, 0) is 24.6 Å². The van der Waals surface area contributed by atoms with E-state index in [-0.39, 0.29) is 12.5 Å². The van der Waals surface area contributed by atoms with Crippen molar-refractivity contribution in [3.63, 3.8) is 0 Å². The first kappa shape index (κ1) is 18.6. The van der Waals surface area contributed by atoms with Gasteiger partial charge in [0.25, 0.3) is 5.91 Å². The van der Waals surface area contributed by atoms with Crippen LogP contribution in [0, 0.1) is 6.92 Å². The zero-order valence-corrected chi connectivity index (χ0v) is 16.0. The maximum atomic E-state index is 15.1. The highest BCUT2D eigenvalue weighted by molar-refractivity contribution is 6.06. The highest BCUT2D eigenvalue weighted by Gasteiger charge is 2.36. The Labute approximate surface area is 164 Å². The summed E-state index contributed by atoms with van der Waals surface area (Å²) >= 11 is 0. The molecule has 2 aromatic heterocycles. The number of rotatable bonds is 5. The lowest BCUT2D eigenvalue weighted by atomic mass is 9.92. The third-order valence-electron chi connectivity index (χ3n) is 5.49. The first-order chi connectivity index (χ1) is 13.5. The lowest BCUT2D eigenvalue weighted by Gasteiger charge is -2.36. The van der Waals surface area contributed by atoms with Crippen LogP contribution in [-0.4, -0.2) is 46.1 Å². The molecule has 1 amide bonds. The molecule has 3 heterocycles. The number of H-pyrrole nitrogens is 1. The van der Waals surface area contributed by atoms with E-state index in [1.807, 2.05) is 49.5 Å². The zero-order chi connectivity index (χ0) is 19.6. The standard InChI is InChI=1S/C22H25FN4O/c1-16-6-7-17(25-12-16)13-24-15-22(23)8-10-27(11-9-22)21(28)19-14-26-20-5-3-2-4-18(19)20/h2-7,12,14,24,26H,8-11,13,15H2,1H3. The largest absolute Gasteiger partial charge is 0.360 e. The maximum absolute atomic E-state index is 15.1. The van der Waals surface area contributed by atoms with Crippen LogP contribution in [-0.2, 0) is 6.54 Å². The molecule has 0 aliphatic carbocycles. The Bertz CT molecular complexity index is 958. The number of benzene rings is 1. The summed E-state index contributed by atoms with van der Waals surface area (Å²) in [6, 6.07) is 11.7. The van der Waals surface area contributed by atoms with E-state index < -0.39 is 5.67 Å². The molecule has 1 saturated heterocycles. The highest BCUT2D eigenvalue weighted by atomic mass is 19.1. The molecule has 4 rings (SSSR count). The van der Waals surface area contributed by atoms with Crippen molar-refractivity contribution >= 4 is 16.8 Å². The SMILES string of the molecule is Cc1ccc(CNCC2(F)CCN(C(=O)c3c[nH]c4ccccc34)CC2)nc1. The number of aryl methyl sites for hydroxylation is 1. The Morgan fingerprint density at radius 1 is 1.25 bits per heavy atom. The lowest BCUT2D eigenvalue weighted by Crippen LogP contribution is -2.48. The van der Waals surface area contributed by atoms with Crippen molar-refractivity contribution in [2.75, 3.05) is 19.6 Å². The summed E-state index contributed by atoms with van der Waals surface area (Å²) in [5, 5.41) is 4.09. The number of carbonyl (C=O) groups excluding carboxylic acids is 1. The number of para-hydroxylation sites is 1. The number of nitrogens with zero attached hydrogens (tertiary/aromatic N) is 2. The molecule has 0 saturated carbocycles. The van der Waals surface area contributed by atoms with Crippen LogP contribution in [0.25, 0.3) is 10.9 Å². The van der Waals surface area contributed by atoms with Crippen LogP contribution >= 0.6 is 0 Å². The quantitative estimate of drug-likeness (QED) is 0.711. The van der Waals surface area contributed by atoms with Gasteiger partial charge in [-0.2, -0.15) is 0 Å². The second kappa shape index (κ2) is 7.72. The summed E-state index contributed by atoms with van der Waals surface area (Å²) in [5.41, 5.74) is 2.32. The van der Waals surface area contributed by atoms with Gasteiger partial charge in [-0.15, -0.1) is 0 Å². The molecule has 0 spiro atoms. The van der Waals surface area contributed by atoms with E-state index in [9.17, 15) is 4.79 Å². The second-order valence-corrected chi connectivity index (χ2v) is 7.62. The number of piperidine rings is 1. The molecule has 1 aromatic carbocycles. The molecular formula is C22H25FN4O. The number of hydrogen-bond acceptors (Lipinski definition) is 3. The zero-order valence-electron chi connectivity index (χ0n) is 16.0. The lowest BCUT2D eigenvalue weighted by molar-refractivity contribution is 0.0436. The monoisotopic (exact) mass is 380 g/mol. The van der Waals surface area contributed by atoms with Gasteiger partial charge in [0, 0.05) is 62.3 Å². The fourth-order valence-corrected chi connectivity index (χ4v) is 3.72. The van der Waals surface area contributed by atoms with Gasteiger partial charge in [-0.3, -0.25) is 9.78 Å². The molecule has 146 valence electrons. The van der Waals surface area contributed by atoms with E-state index in [0.29, 0.717) is 38.0 Å². The number of alkyl halides is 1. The molecular weight excluding hydrogens is 355 g/mol. The first-order valence-corrected chi connectivity index (χ1v) is 9.71. The number of aromatic amines is 1. The molecule has 1 aliphatic heterocycles. The molecule has 0 radical (unpaired) electrons. The number of halogens is 1. The van der Waals surface area contributed by atoms with Gasteiger partial charge in [-0.25, -0.2) is 4.39 Å². The molecule has 6 heteroatoms. The van der Waals surface area contributed by atoms with Crippen molar-refractivity contribution in [3.8, 4) is 0 Å². The summed E-state index contributed by atoms with van der Waals surface area (Å²) in [6.45, 7) is 3.67. The van der Waals surface area contributed by atoms with Crippen molar-refractivity contribution in [1.82, 2.24) is 20.2 Å². The number of fused-ring (bicyclic) bond motifs is 1. The smallest absolute Gasteiger partial charge is 0.256 e.